The SMILES string of the molecule is Cc1ccc(S(=O)(=O)N2CC[C@H](S(=O)(=O)c3c(F)c(F)c(F)c(F)c3F)[C@H]2c2ccccc2)cc1. The van der Waals surface area contributed by atoms with Crippen molar-refractivity contribution < 1.29 is 38.8 Å². The first-order valence-corrected chi connectivity index (χ1v) is 13.3. The summed E-state index contributed by atoms with van der Waals surface area (Å²) in [5, 5.41) is -1.82. The van der Waals surface area contributed by atoms with Crippen LogP contribution in [0.4, 0.5) is 22.0 Å². The van der Waals surface area contributed by atoms with Gasteiger partial charge < -0.3 is 0 Å². The van der Waals surface area contributed by atoms with E-state index in [1.54, 1.807) is 25.1 Å². The van der Waals surface area contributed by atoms with E-state index in [4.69, 9.17) is 0 Å². The Morgan fingerprint density at radius 3 is 1.80 bits per heavy atom. The Morgan fingerprint density at radius 1 is 0.743 bits per heavy atom. The van der Waals surface area contributed by atoms with Gasteiger partial charge in [0.25, 0.3) is 0 Å². The van der Waals surface area contributed by atoms with Gasteiger partial charge in [-0.2, -0.15) is 4.31 Å². The van der Waals surface area contributed by atoms with E-state index in [1.807, 2.05) is 0 Å². The predicted octanol–water partition coefficient (Wildman–Crippen LogP) is 4.67. The molecule has 3 aromatic rings. The Hall–Kier alpha value is -2.83. The lowest BCUT2D eigenvalue weighted by molar-refractivity contribution is 0.356. The second kappa shape index (κ2) is 8.99. The Bertz CT molecular complexity index is 1470. The number of hydrogen-bond donors (Lipinski definition) is 0. The van der Waals surface area contributed by atoms with Gasteiger partial charge in [0.1, 0.15) is 4.90 Å². The van der Waals surface area contributed by atoms with Gasteiger partial charge in [0.2, 0.25) is 15.8 Å². The lowest BCUT2D eigenvalue weighted by Gasteiger charge is -2.28. The molecule has 186 valence electrons. The molecule has 0 amide bonds. The number of hydrogen-bond acceptors (Lipinski definition) is 4. The zero-order valence-electron chi connectivity index (χ0n) is 18.1. The molecule has 0 saturated carbocycles. The summed E-state index contributed by atoms with van der Waals surface area (Å²) in [4.78, 5) is -2.12. The van der Waals surface area contributed by atoms with Crippen molar-refractivity contribution in [1.82, 2.24) is 4.31 Å². The minimum absolute atomic E-state index is 0.140. The molecule has 3 aromatic carbocycles. The molecule has 0 bridgehead atoms. The highest BCUT2D eigenvalue weighted by Gasteiger charge is 2.50. The molecule has 2 atom stereocenters. The van der Waals surface area contributed by atoms with Crippen LogP contribution < -0.4 is 0 Å². The average molecular weight is 532 g/mol. The first kappa shape index (κ1) is 25.3. The van der Waals surface area contributed by atoms with Crippen LogP contribution >= 0.6 is 0 Å². The summed E-state index contributed by atoms with van der Waals surface area (Å²) >= 11 is 0. The van der Waals surface area contributed by atoms with Gasteiger partial charge in [-0.1, -0.05) is 48.0 Å². The second-order valence-corrected chi connectivity index (χ2v) is 12.0. The molecule has 0 aromatic heterocycles. The Morgan fingerprint density at radius 2 is 1.26 bits per heavy atom. The molecule has 5 nitrogen and oxygen atoms in total. The van der Waals surface area contributed by atoms with Crippen LogP contribution in [0.15, 0.2) is 64.4 Å². The number of sulfonamides is 1. The number of sulfone groups is 1. The molecule has 0 radical (unpaired) electrons. The largest absolute Gasteiger partial charge is 0.243 e. The van der Waals surface area contributed by atoms with Crippen LogP contribution in [0.5, 0.6) is 0 Å². The maximum atomic E-state index is 14.5. The van der Waals surface area contributed by atoms with E-state index in [1.165, 1.54) is 36.4 Å². The lowest BCUT2D eigenvalue weighted by atomic mass is 10.1. The van der Waals surface area contributed by atoms with E-state index in [0.29, 0.717) is 0 Å². The average Bonchev–Trinajstić information content (AvgIpc) is 3.29. The molecule has 35 heavy (non-hydrogen) atoms. The van der Waals surface area contributed by atoms with Gasteiger partial charge in [0.15, 0.2) is 33.1 Å². The molecular weight excluding hydrogens is 513 g/mol. The zero-order valence-corrected chi connectivity index (χ0v) is 19.7. The Balaban J connectivity index is 1.90. The zero-order chi connectivity index (χ0) is 25.7. The summed E-state index contributed by atoms with van der Waals surface area (Å²) in [6.45, 7) is 1.38. The topological polar surface area (TPSA) is 71.5 Å². The Labute approximate surface area is 198 Å². The first-order valence-electron chi connectivity index (χ1n) is 10.3. The molecule has 0 aliphatic carbocycles. The van der Waals surface area contributed by atoms with Crippen LogP contribution in [0.3, 0.4) is 0 Å². The molecule has 0 spiro atoms. The van der Waals surface area contributed by atoms with Crippen LogP contribution in [0.1, 0.15) is 23.6 Å². The highest BCUT2D eigenvalue weighted by Crippen LogP contribution is 2.43. The highest BCUT2D eigenvalue weighted by molar-refractivity contribution is 7.92. The minimum atomic E-state index is -5.24. The molecular formula is C23H18F5NO4S2. The molecule has 0 unspecified atom stereocenters. The van der Waals surface area contributed by atoms with Gasteiger partial charge >= 0.3 is 0 Å². The molecule has 0 N–H and O–H groups in total. The number of rotatable bonds is 5. The van der Waals surface area contributed by atoms with E-state index in [9.17, 15) is 38.8 Å². The molecule has 1 fully saturated rings. The summed E-state index contributed by atoms with van der Waals surface area (Å²) in [6, 6.07) is 11.7. The number of benzene rings is 3. The van der Waals surface area contributed by atoms with Crippen LogP contribution in [-0.2, 0) is 19.9 Å². The fourth-order valence-electron chi connectivity index (χ4n) is 4.19. The van der Waals surface area contributed by atoms with Gasteiger partial charge in [-0.3, -0.25) is 0 Å². The van der Waals surface area contributed by atoms with Crippen LogP contribution in [0, 0.1) is 36.0 Å². The molecule has 1 saturated heterocycles. The highest BCUT2D eigenvalue weighted by atomic mass is 32.2. The fourth-order valence-corrected chi connectivity index (χ4v) is 7.98. The number of aryl methyl sites for hydroxylation is 1. The first-order chi connectivity index (χ1) is 16.4. The monoisotopic (exact) mass is 531 g/mol. The molecule has 1 heterocycles. The summed E-state index contributed by atoms with van der Waals surface area (Å²) in [5.41, 5.74) is 0.954. The molecule has 4 rings (SSSR count). The molecule has 1 aliphatic rings. The third-order valence-electron chi connectivity index (χ3n) is 5.92. The maximum absolute atomic E-state index is 14.5. The summed E-state index contributed by atoms with van der Waals surface area (Å²) in [5.74, 6) is -12.3. The van der Waals surface area contributed by atoms with Crippen molar-refractivity contribution in [2.24, 2.45) is 0 Å². The second-order valence-electron chi connectivity index (χ2n) is 8.06. The van der Waals surface area contributed by atoms with Crippen molar-refractivity contribution in [3.8, 4) is 0 Å². The number of halogens is 5. The van der Waals surface area contributed by atoms with Crippen molar-refractivity contribution in [3.63, 3.8) is 0 Å². The van der Waals surface area contributed by atoms with Gasteiger partial charge in [-0.05, 0) is 31.0 Å². The van der Waals surface area contributed by atoms with E-state index < -0.39 is 71.6 Å². The quantitative estimate of drug-likeness (QED) is 0.208. The number of nitrogens with zero attached hydrogens (tertiary/aromatic N) is 1. The molecule has 12 heteroatoms. The smallest absolute Gasteiger partial charge is 0.223 e. The van der Waals surface area contributed by atoms with Crippen LogP contribution in [0.25, 0.3) is 0 Å². The van der Waals surface area contributed by atoms with Crippen LogP contribution in [0.2, 0.25) is 0 Å². The van der Waals surface area contributed by atoms with Crippen molar-refractivity contribution in [3.05, 3.63) is 94.8 Å². The van der Waals surface area contributed by atoms with Crippen LogP contribution in [-0.4, -0.2) is 32.9 Å². The van der Waals surface area contributed by atoms with Gasteiger partial charge in [0.05, 0.1) is 16.2 Å². The van der Waals surface area contributed by atoms with E-state index in [2.05, 4.69) is 0 Å². The third-order valence-corrected chi connectivity index (χ3v) is 10.0. The van der Waals surface area contributed by atoms with E-state index in [-0.39, 0.29) is 17.0 Å². The predicted molar refractivity (Wildman–Crippen MR) is 116 cm³/mol. The summed E-state index contributed by atoms with van der Waals surface area (Å²) < 4.78 is 125. The van der Waals surface area contributed by atoms with E-state index in [0.717, 1.165) is 9.87 Å². The fraction of sp³-hybridized carbons (Fsp3) is 0.217. The van der Waals surface area contributed by atoms with Crippen molar-refractivity contribution in [2.75, 3.05) is 6.54 Å². The standard InChI is InChI=1S/C23H18F5NO4S2/c1-13-7-9-15(10-8-13)35(32,33)29-12-11-16(22(29)14-5-3-2-4-6-14)34(30,31)23-20(27)18(25)17(24)19(26)21(23)28/h2-10,16,22H,11-12H2,1H3/t16-,22+/m0/s1. The van der Waals surface area contributed by atoms with Gasteiger partial charge in [0, 0.05) is 6.54 Å². The van der Waals surface area contributed by atoms with Gasteiger partial charge in [-0.25, -0.2) is 38.8 Å². The van der Waals surface area contributed by atoms with E-state index >= 15 is 0 Å². The van der Waals surface area contributed by atoms with Crippen molar-refractivity contribution in [2.45, 2.75) is 34.4 Å². The van der Waals surface area contributed by atoms with Gasteiger partial charge in [-0.15, -0.1) is 0 Å². The summed E-state index contributed by atoms with van der Waals surface area (Å²) in [6.07, 6.45) is -0.438. The van der Waals surface area contributed by atoms with Crippen molar-refractivity contribution in [1.29, 1.82) is 0 Å². The lowest BCUT2D eigenvalue weighted by Crippen LogP contribution is -2.36. The maximum Gasteiger partial charge on any atom is 0.243 e. The minimum Gasteiger partial charge on any atom is -0.223 e. The molecule has 1 aliphatic heterocycles. The normalized spacial score (nSPS) is 19.3. The summed E-state index contributed by atoms with van der Waals surface area (Å²) in [7, 11) is -9.54. The van der Waals surface area contributed by atoms with Crippen molar-refractivity contribution >= 4 is 19.9 Å². The Kier molecular flexibility index (Phi) is 6.49. The third kappa shape index (κ3) is 4.13.